The summed E-state index contributed by atoms with van der Waals surface area (Å²) in [6.45, 7) is 0.890. The normalized spacial score (nSPS) is 11.8. The molecule has 0 radical (unpaired) electrons. The Morgan fingerprint density at radius 1 is 1.35 bits per heavy atom. The Hall–Kier alpha value is -0.930. The van der Waals surface area contributed by atoms with Crippen LogP contribution in [0.2, 0.25) is 5.02 Å². The van der Waals surface area contributed by atoms with Crippen LogP contribution in [0.25, 0.3) is 0 Å². The summed E-state index contributed by atoms with van der Waals surface area (Å²) in [5, 5.41) is 0.0422. The van der Waals surface area contributed by atoms with E-state index in [0.29, 0.717) is 13.2 Å². The van der Waals surface area contributed by atoms with Crippen molar-refractivity contribution in [3.05, 3.63) is 23.0 Å². The average Bonchev–Trinajstić information content (AvgIpc) is 2.37. The van der Waals surface area contributed by atoms with Gasteiger partial charge in [0.05, 0.1) is 25.5 Å². The van der Waals surface area contributed by atoms with Gasteiger partial charge < -0.3 is 15.2 Å². The summed E-state index contributed by atoms with van der Waals surface area (Å²) in [4.78, 5) is -0.584. The van der Waals surface area contributed by atoms with Gasteiger partial charge in [0.25, 0.3) is 0 Å². The van der Waals surface area contributed by atoms with Gasteiger partial charge in [-0.25, -0.2) is 17.5 Å². The summed E-state index contributed by atoms with van der Waals surface area (Å²) < 4.78 is 49.5. The van der Waals surface area contributed by atoms with Gasteiger partial charge in [-0.15, -0.1) is 0 Å². The molecule has 9 heteroatoms. The Bertz CT molecular complexity index is 554. The number of methoxy groups -OCH3 is 1. The number of nitrogen functional groups attached to an aromatic ring is 1. The van der Waals surface area contributed by atoms with E-state index < -0.39 is 20.7 Å². The van der Waals surface area contributed by atoms with Crippen LogP contribution < -0.4 is 10.5 Å². The lowest BCUT2D eigenvalue weighted by Gasteiger charge is -2.10. The number of nitrogens with one attached hydrogen (secondary N) is 1. The van der Waals surface area contributed by atoms with Crippen molar-refractivity contribution < 1.29 is 22.3 Å². The smallest absolute Gasteiger partial charge is 0.243 e. The lowest BCUT2D eigenvalue weighted by molar-refractivity contribution is 0.0736. The molecule has 0 atom stereocenters. The van der Waals surface area contributed by atoms with Crippen LogP contribution in [-0.4, -0.2) is 41.9 Å². The second kappa shape index (κ2) is 7.75. The molecule has 20 heavy (non-hydrogen) atoms. The quantitative estimate of drug-likeness (QED) is 0.549. The van der Waals surface area contributed by atoms with Crippen molar-refractivity contribution in [2.45, 2.75) is 4.90 Å². The second-order valence-electron chi connectivity index (χ2n) is 3.81. The Labute approximate surface area is 122 Å². The molecule has 0 bridgehead atoms. The van der Waals surface area contributed by atoms with Crippen molar-refractivity contribution in [2.75, 3.05) is 39.2 Å². The van der Waals surface area contributed by atoms with Crippen LogP contribution in [0.4, 0.5) is 10.1 Å². The Morgan fingerprint density at radius 2 is 2.05 bits per heavy atom. The van der Waals surface area contributed by atoms with Gasteiger partial charge in [-0.2, -0.15) is 0 Å². The van der Waals surface area contributed by atoms with Gasteiger partial charge in [-0.1, -0.05) is 11.6 Å². The molecule has 0 aromatic heterocycles. The van der Waals surface area contributed by atoms with Crippen LogP contribution in [0.5, 0.6) is 0 Å². The van der Waals surface area contributed by atoms with Gasteiger partial charge in [0.1, 0.15) is 4.90 Å². The maximum Gasteiger partial charge on any atom is 0.243 e. The number of ether oxygens (including phenoxy) is 2. The highest BCUT2D eigenvalue weighted by Crippen LogP contribution is 2.24. The third-order valence-corrected chi connectivity index (χ3v) is 3.97. The summed E-state index contributed by atoms with van der Waals surface area (Å²) >= 11 is 5.67. The molecule has 1 rings (SSSR count). The number of halogens is 2. The van der Waals surface area contributed by atoms with E-state index in [2.05, 4.69) is 4.72 Å². The second-order valence-corrected chi connectivity index (χ2v) is 5.98. The highest BCUT2D eigenvalue weighted by molar-refractivity contribution is 7.89. The third kappa shape index (κ3) is 4.88. The molecule has 6 nitrogen and oxygen atoms in total. The van der Waals surface area contributed by atoms with Crippen molar-refractivity contribution in [1.82, 2.24) is 4.72 Å². The van der Waals surface area contributed by atoms with Crippen LogP contribution in [0.15, 0.2) is 17.0 Å². The molecule has 0 aliphatic rings. The fourth-order valence-corrected chi connectivity index (χ4v) is 2.79. The van der Waals surface area contributed by atoms with E-state index in [9.17, 15) is 12.8 Å². The Kier molecular flexibility index (Phi) is 6.63. The predicted molar refractivity (Wildman–Crippen MR) is 73.7 cm³/mol. The number of benzene rings is 1. The summed E-state index contributed by atoms with van der Waals surface area (Å²) in [7, 11) is -2.50. The fraction of sp³-hybridized carbons (Fsp3) is 0.455. The van der Waals surface area contributed by atoms with Gasteiger partial charge >= 0.3 is 0 Å². The van der Waals surface area contributed by atoms with Gasteiger partial charge in [0.2, 0.25) is 10.0 Å². The minimum atomic E-state index is -4.03. The summed E-state index contributed by atoms with van der Waals surface area (Å²) in [6.07, 6.45) is 0. The molecule has 0 unspecified atom stereocenters. The molecule has 0 amide bonds. The van der Waals surface area contributed by atoms with E-state index in [-0.39, 0.29) is 23.9 Å². The van der Waals surface area contributed by atoms with Crippen molar-refractivity contribution >= 4 is 27.3 Å². The van der Waals surface area contributed by atoms with Crippen LogP contribution in [-0.2, 0) is 19.5 Å². The van der Waals surface area contributed by atoms with E-state index in [1.54, 1.807) is 0 Å². The van der Waals surface area contributed by atoms with Crippen molar-refractivity contribution in [3.63, 3.8) is 0 Å². The van der Waals surface area contributed by atoms with Crippen molar-refractivity contribution in [1.29, 1.82) is 0 Å². The number of sulfonamides is 1. The Morgan fingerprint density at radius 3 is 2.70 bits per heavy atom. The highest BCUT2D eigenvalue weighted by Gasteiger charge is 2.21. The van der Waals surface area contributed by atoms with Gasteiger partial charge in [0, 0.05) is 18.7 Å². The zero-order valence-electron chi connectivity index (χ0n) is 10.9. The summed E-state index contributed by atoms with van der Waals surface area (Å²) in [6, 6.07) is 2.14. The highest BCUT2D eigenvalue weighted by atomic mass is 35.5. The van der Waals surface area contributed by atoms with Gasteiger partial charge in [-0.05, 0) is 12.1 Å². The first-order valence-electron chi connectivity index (χ1n) is 5.69. The first-order chi connectivity index (χ1) is 9.38. The van der Waals surface area contributed by atoms with E-state index in [1.807, 2.05) is 0 Å². The standard InChI is InChI=1S/C11H16ClFN2O4S/c1-18-4-5-19-3-2-15-20(16,17)10-7-8(12)6-9(14)11(10)13/h6-7,15H,2-5,14H2,1H3. The lowest BCUT2D eigenvalue weighted by atomic mass is 10.3. The molecule has 3 N–H and O–H groups in total. The van der Waals surface area contributed by atoms with Crippen LogP contribution in [0.3, 0.4) is 0 Å². The van der Waals surface area contributed by atoms with Crippen LogP contribution in [0.1, 0.15) is 0 Å². The summed E-state index contributed by atoms with van der Waals surface area (Å²) in [5.41, 5.74) is 5.01. The molecule has 0 heterocycles. The van der Waals surface area contributed by atoms with E-state index in [0.717, 1.165) is 12.1 Å². The number of nitrogens with two attached hydrogens (primary N) is 1. The molecule has 0 saturated carbocycles. The van der Waals surface area contributed by atoms with Crippen molar-refractivity contribution in [2.24, 2.45) is 0 Å². The lowest BCUT2D eigenvalue weighted by Crippen LogP contribution is -2.28. The van der Waals surface area contributed by atoms with Gasteiger partial charge in [-0.3, -0.25) is 0 Å². The zero-order valence-corrected chi connectivity index (χ0v) is 12.4. The molecular formula is C11H16ClFN2O4S. The van der Waals surface area contributed by atoms with E-state index in [4.69, 9.17) is 26.8 Å². The minimum absolute atomic E-state index is 0.00208. The molecular weight excluding hydrogens is 311 g/mol. The first kappa shape index (κ1) is 17.1. The molecule has 1 aromatic carbocycles. The monoisotopic (exact) mass is 326 g/mol. The molecule has 0 saturated heterocycles. The molecule has 114 valence electrons. The fourth-order valence-electron chi connectivity index (χ4n) is 1.35. The number of hydrogen-bond acceptors (Lipinski definition) is 5. The molecule has 0 fully saturated rings. The largest absolute Gasteiger partial charge is 0.396 e. The first-order valence-corrected chi connectivity index (χ1v) is 7.55. The van der Waals surface area contributed by atoms with E-state index in [1.165, 1.54) is 7.11 Å². The number of hydrogen-bond donors (Lipinski definition) is 2. The molecule has 0 spiro atoms. The van der Waals surface area contributed by atoms with E-state index >= 15 is 0 Å². The number of rotatable bonds is 8. The Balaban J connectivity index is 2.65. The summed E-state index contributed by atoms with van der Waals surface area (Å²) in [5.74, 6) is -1.03. The zero-order chi connectivity index (χ0) is 15.2. The molecule has 1 aromatic rings. The SMILES string of the molecule is COCCOCCNS(=O)(=O)c1cc(Cl)cc(N)c1F. The minimum Gasteiger partial charge on any atom is -0.396 e. The maximum atomic E-state index is 13.7. The molecule has 0 aliphatic carbocycles. The van der Waals surface area contributed by atoms with Crippen LogP contribution in [0, 0.1) is 5.82 Å². The average molecular weight is 327 g/mol. The predicted octanol–water partition coefficient (Wildman–Crippen LogP) is 1.00. The third-order valence-electron chi connectivity index (χ3n) is 2.29. The van der Waals surface area contributed by atoms with Crippen LogP contribution >= 0.6 is 11.6 Å². The van der Waals surface area contributed by atoms with Gasteiger partial charge in [0.15, 0.2) is 5.82 Å². The maximum absolute atomic E-state index is 13.7. The van der Waals surface area contributed by atoms with Crippen molar-refractivity contribution in [3.8, 4) is 0 Å². The molecule has 0 aliphatic heterocycles. The number of anilines is 1. The topological polar surface area (TPSA) is 90.6 Å².